The first-order chi connectivity index (χ1) is 9.13. The number of hydrogen-bond donors (Lipinski definition) is 1. The van der Waals surface area contributed by atoms with Gasteiger partial charge in [0.15, 0.2) is 0 Å². The first-order valence-corrected chi connectivity index (χ1v) is 7.56. The number of carbonyl (C=O) groups excluding carboxylic acids is 1. The second-order valence-electron chi connectivity index (χ2n) is 4.98. The van der Waals surface area contributed by atoms with Gasteiger partial charge in [-0.1, -0.05) is 11.3 Å². The van der Waals surface area contributed by atoms with Crippen LogP contribution in [0.5, 0.6) is 0 Å². The van der Waals surface area contributed by atoms with Crippen molar-refractivity contribution in [1.82, 2.24) is 9.47 Å². The molecule has 1 aliphatic heterocycles. The number of aromatic nitrogens is 1. The van der Waals surface area contributed by atoms with Crippen molar-refractivity contribution >= 4 is 17.2 Å². The summed E-state index contributed by atoms with van der Waals surface area (Å²) in [5.74, 6) is 0.0176. The number of nitrogens with zero attached hydrogens (tertiary/aromatic N) is 2. The predicted octanol–water partition coefficient (Wildman–Crippen LogP) is 0.982. The van der Waals surface area contributed by atoms with Gasteiger partial charge in [-0.25, -0.2) is 0 Å². The summed E-state index contributed by atoms with van der Waals surface area (Å²) in [5.41, 5.74) is 0.842. The molecule has 0 radical (unpaired) electrons. The van der Waals surface area contributed by atoms with Gasteiger partial charge in [0.05, 0.1) is 0 Å². The van der Waals surface area contributed by atoms with E-state index in [0.29, 0.717) is 0 Å². The van der Waals surface area contributed by atoms with Crippen LogP contribution in [0, 0.1) is 6.92 Å². The molecule has 1 fully saturated rings. The minimum atomic E-state index is -0.0723. The van der Waals surface area contributed by atoms with Crippen molar-refractivity contribution in [1.29, 1.82) is 0 Å². The number of hydrogen-bond acceptors (Lipinski definition) is 4. The van der Waals surface area contributed by atoms with Gasteiger partial charge < -0.3 is 10.0 Å². The standard InChI is InChI=1S/C13H20N2O3S/c1-10-9-19-13(18)15(10)8-12(17)14-6-2-4-11(14)5-3-7-16/h9,11,16H,2-8H2,1H3. The normalized spacial score (nSPS) is 19.1. The molecule has 0 bridgehead atoms. The maximum absolute atomic E-state index is 12.3. The molecule has 1 amide bonds. The van der Waals surface area contributed by atoms with Crippen molar-refractivity contribution < 1.29 is 9.90 Å². The van der Waals surface area contributed by atoms with E-state index in [4.69, 9.17) is 5.11 Å². The Morgan fingerprint density at radius 1 is 1.58 bits per heavy atom. The van der Waals surface area contributed by atoms with E-state index in [1.165, 1.54) is 4.57 Å². The van der Waals surface area contributed by atoms with Crippen LogP contribution in [0.25, 0.3) is 0 Å². The third-order valence-corrected chi connectivity index (χ3v) is 4.54. The molecule has 0 aliphatic carbocycles. The third-order valence-electron chi connectivity index (χ3n) is 3.66. The third kappa shape index (κ3) is 3.25. The molecule has 1 unspecified atom stereocenters. The summed E-state index contributed by atoms with van der Waals surface area (Å²) in [6.45, 7) is 2.93. The van der Waals surface area contributed by atoms with Crippen molar-refractivity contribution in [3.63, 3.8) is 0 Å². The van der Waals surface area contributed by atoms with E-state index in [1.54, 1.807) is 5.38 Å². The number of aliphatic hydroxyl groups excluding tert-OH is 1. The number of thiazole rings is 1. The van der Waals surface area contributed by atoms with E-state index < -0.39 is 0 Å². The molecule has 0 spiro atoms. The minimum Gasteiger partial charge on any atom is -0.396 e. The average Bonchev–Trinajstić information content (AvgIpc) is 2.97. The van der Waals surface area contributed by atoms with Crippen LogP contribution in [0.4, 0.5) is 0 Å². The van der Waals surface area contributed by atoms with E-state index in [2.05, 4.69) is 0 Å². The summed E-state index contributed by atoms with van der Waals surface area (Å²) < 4.78 is 1.54. The zero-order chi connectivity index (χ0) is 13.8. The predicted molar refractivity (Wildman–Crippen MR) is 74.4 cm³/mol. The summed E-state index contributed by atoms with van der Waals surface area (Å²) >= 11 is 1.13. The van der Waals surface area contributed by atoms with E-state index in [1.807, 2.05) is 11.8 Å². The molecule has 2 rings (SSSR count). The van der Waals surface area contributed by atoms with Gasteiger partial charge in [-0.3, -0.25) is 14.2 Å². The van der Waals surface area contributed by atoms with E-state index in [9.17, 15) is 9.59 Å². The molecule has 0 aromatic carbocycles. The number of aryl methyl sites for hydroxylation is 1. The Kier molecular flexibility index (Phi) is 4.76. The Hall–Kier alpha value is -1.14. The zero-order valence-corrected chi connectivity index (χ0v) is 12.0. The van der Waals surface area contributed by atoms with E-state index >= 15 is 0 Å². The summed E-state index contributed by atoms with van der Waals surface area (Å²) in [5, 5.41) is 10.7. The summed E-state index contributed by atoms with van der Waals surface area (Å²) in [6, 6.07) is 0.231. The molecule has 5 nitrogen and oxygen atoms in total. The molecule has 2 heterocycles. The molecular weight excluding hydrogens is 264 g/mol. The first kappa shape index (κ1) is 14.3. The highest BCUT2D eigenvalue weighted by molar-refractivity contribution is 7.07. The number of amides is 1. The Balaban J connectivity index is 2.01. The van der Waals surface area contributed by atoms with Gasteiger partial charge >= 0.3 is 4.87 Å². The van der Waals surface area contributed by atoms with Crippen LogP contribution in [-0.4, -0.2) is 39.7 Å². The Morgan fingerprint density at radius 3 is 3.00 bits per heavy atom. The summed E-state index contributed by atoms with van der Waals surface area (Å²) in [6.07, 6.45) is 3.59. The monoisotopic (exact) mass is 284 g/mol. The van der Waals surface area contributed by atoms with E-state index in [0.717, 1.165) is 49.3 Å². The minimum absolute atomic E-state index is 0.0176. The van der Waals surface area contributed by atoms with Crippen molar-refractivity contribution in [2.45, 2.75) is 45.2 Å². The topological polar surface area (TPSA) is 62.5 Å². The summed E-state index contributed by atoms with van der Waals surface area (Å²) in [7, 11) is 0. The maximum atomic E-state index is 12.3. The van der Waals surface area contributed by atoms with Gasteiger partial charge in [0, 0.05) is 30.3 Å². The number of carbonyl (C=O) groups is 1. The molecular formula is C13H20N2O3S. The van der Waals surface area contributed by atoms with E-state index in [-0.39, 0.29) is 30.0 Å². The highest BCUT2D eigenvalue weighted by Crippen LogP contribution is 2.21. The SMILES string of the molecule is Cc1csc(=O)n1CC(=O)N1CCCC1CCCO. The quantitative estimate of drug-likeness (QED) is 0.877. The lowest BCUT2D eigenvalue weighted by atomic mass is 10.1. The Bertz CT molecular complexity index is 494. The van der Waals surface area contributed by atoms with Crippen LogP contribution in [0.2, 0.25) is 0 Å². The molecule has 1 N–H and O–H groups in total. The molecule has 0 saturated carbocycles. The largest absolute Gasteiger partial charge is 0.396 e. The van der Waals surface area contributed by atoms with Crippen LogP contribution in [0.1, 0.15) is 31.4 Å². The molecule has 1 atom stereocenters. The Morgan fingerprint density at radius 2 is 2.37 bits per heavy atom. The second kappa shape index (κ2) is 6.34. The zero-order valence-electron chi connectivity index (χ0n) is 11.2. The van der Waals surface area contributed by atoms with Crippen LogP contribution in [0.15, 0.2) is 10.2 Å². The van der Waals surface area contributed by atoms with Crippen molar-refractivity contribution in [2.24, 2.45) is 0 Å². The lowest BCUT2D eigenvalue weighted by Crippen LogP contribution is -2.39. The smallest absolute Gasteiger partial charge is 0.307 e. The van der Waals surface area contributed by atoms with Crippen LogP contribution < -0.4 is 4.87 Å². The average molecular weight is 284 g/mol. The summed E-state index contributed by atoms with van der Waals surface area (Å²) in [4.78, 5) is 25.7. The van der Waals surface area contributed by atoms with Gasteiger partial charge in [0.2, 0.25) is 5.91 Å². The number of likely N-dealkylation sites (tertiary alicyclic amines) is 1. The fourth-order valence-electron chi connectivity index (χ4n) is 2.61. The fourth-order valence-corrected chi connectivity index (χ4v) is 3.35. The maximum Gasteiger partial charge on any atom is 0.307 e. The van der Waals surface area contributed by atoms with Crippen LogP contribution in [0.3, 0.4) is 0 Å². The fraction of sp³-hybridized carbons (Fsp3) is 0.692. The van der Waals surface area contributed by atoms with Crippen LogP contribution >= 0.6 is 11.3 Å². The van der Waals surface area contributed by atoms with Crippen LogP contribution in [-0.2, 0) is 11.3 Å². The van der Waals surface area contributed by atoms with Crippen molar-refractivity contribution in [3.8, 4) is 0 Å². The molecule has 1 aromatic heterocycles. The highest BCUT2D eigenvalue weighted by Gasteiger charge is 2.28. The highest BCUT2D eigenvalue weighted by atomic mass is 32.1. The number of rotatable bonds is 5. The first-order valence-electron chi connectivity index (χ1n) is 6.68. The molecule has 1 saturated heterocycles. The molecule has 106 valence electrons. The lowest BCUT2D eigenvalue weighted by molar-refractivity contribution is -0.132. The molecule has 6 heteroatoms. The molecule has 1 aliphatic rings. The second-order valence-corrected chi connectivity index (χ2v) is 5.80. The molecule has 1 aromatic rings. The van der Waals surface area contributed by atoms with Crippen molar-refractivity contribution in [3.05, 3.63) is 20.7 Å². The van der Waals surface area contributed by atoms with Gasteiger partial charge in [0.1, 0.15) is 6.54 Å². The number of aliphatic hydroxyl groups is 1. The van der Waals surface area contributed by atoms with Gasteiger partial charge in [-0.05, 0) is 32.6 Å². The Labute approximate surface area is 116 Å². The lowest BCUT2D eigenvalue weighted by Gasteiger charge is -2.24. The molecule has 19 heavy (non-hydrogen) atoms. The van der Waals surface area contributed by atoms with Crippen molar-refractivity contribution in [2.75, 3.05) is 13.2 Å². The van der Waals surface area contributed by atoms with Gasteiger partial charge in [-0.15, -0.1) is 0 Å². The van der Waals surface area contributed by atoms with Gasteiger partial charge in [0.25, 0.3) is 0 Å². The van der Waals surface area contributed by atoms with Gasteiger partial charge in [-0.2, -0.15) is 0 Å².